The van der Waals surface area contributed by atoms with Crippen molar-refractivity contribution >= 4 is 5.97 Å². The van der Waals surface area contributed by atoms with Crippen LogP contribution in [0.5, 0.6) is 0 Å². The Kier molecular flexibility index (Phi) is 6.03. The summed E-state index contributed by atoms with van der Waals surface area (Å²) in [4.78, 5) is 10.9. The van der Waals surface area contributed by atoms with Crippen LogP contribution in [-0.4, -0.2) is 19.1 Å². The van der Waals surface area contributed by atoms with Gasteiger partial charge in [-0.15, -0.1) is 0 Å². The minimum absolute atomic E-state index is 0.0435. The Labute approximate surface area is 116 Å². The second-order valence-electron chi connectivity index (χ2n) is 5.83. The Morgan fingerprint density at radius 2 is 2.00 bits per heavy atom. The van der Waals surface area contributed by atoms with Gasteiger partial charge in [0.25, 0.3) is 0 Å². The van der Waals surface area contributed by atoms with Gasteiger partial charge in [-0.25, -0.2) is 0 Å². The van der Waals surface area contributed by atoms with Crippen LogP contribution in [0.3, 0.4) is 0 Å². The molecule has 3 nitrogen and oxygen atoms in total. The van der Waals surface area contributed by atoms with Crippen molar-refractivity contribution in [1.82, 2.24) is 0 Å². The van der Waals surface area contributed by atoms with Gasteiger partial charge in [0.1, 0.15) is 0 Å². The summed E-state index contributed by atoms with van der Waals surface area (Å²) in [6, 6.07) is 8.58. The van der Waals surface area contributed by atoms with E-state index in [-0.39, 0.29) is 11.4 Å². The quantitative estimate of drug-likeness (QED) is 0.770. The molecule has 3 heteroatoms. The van der Waals surface area contributed by atoms with E-state index in [1.165, 1.54) is 18.1 Å². The average Bonchev–Trinajstić information content (AvgIpc) is 2.34. The molecule has 0 unspecified atom stereocenters. The normalized spacial score (nSPS) is 11.4. The summed E-state index contributed by atoms with van der Waals surface area (Å²) < 4.78 is 5.12. The monoisotopic (exact) mass is 263 g/mol. The van der Waals surface area contributed by atoms with Gasteiger partial charge in [-0.3, -0.25) is 4.79 Å². The molecule has 0 atom stereocenters. The fourth-order valence-electron chi connectivity index (χ4n) is 2.10. The Morgan fingerprint density at radius 3 is 2.63 bits per heavy atom. The Hall–Kier alpha value is -1.35. The van der Waals surface area contributed by atoms with E-state index >= 15 is 0 Å². The third-order valence-electron chi connectivity index (χ3n) is 3.01. The van der Waals surface area contributed by atoms with Crippen molar-refractivity contribution in [1.29, 1.82) is 0 Å². The minimum atomic E-state index is -0.218. The van der Waals surface area contributed by atoms with E-state index in [0.29, 0.717) is 6.61 Å². The molecular formula is C16H25NO2. The highest BCUT2D eigenvalue weighted by atomic mass is 16.5. The average molecular weight is 263 g/mol. The molecule has 0 fully saturated rings. The summed E-state index contributed by atoms with van der Waals surface area (Å²) >= 11 is 0. The molecule has 0 heterocycles. The summed E-state index contributed by atoms with van der Waals surface area (Å²) in [5.74, 6) is -0.218. The van der Waals surface area contributed by atoms with Gasteiger partial charge >= 0.3 is 5.97 Å². The van der Waals surface area contributed by atoms with Crippen molar-refractivity contribution < 1.29 is 9.53 Å². The molecule has 0 amide bonds. The van der Waals surface area contributed by atoms with Crippen molar-refractivity contribution in [3.05, 3.63) is 35.4 Å². The van der Waals surface area contributed by atoms with Crippen molar-refractivity contribution in [2.24, 2.45) is 11.1 Å². The second-order valence-corrected chi connectivity index (χ2v) is 5.83. The smallest absolute Gasteiger partial charge is 0.302 e. The van der Waals surface area contributed by atoms with Crippen LogP contribution in [0, 0.1) is 5.41 Å². The Morgan fingerprint density at radius 1 is 1.32 bits per heavy atom. The molecule has 106 valence electrons. The number of esters is 1. The number of rotatable bonds is 7. The van der Waals surface area contributed by atoms with Crippen LogP contribution in [0.1, 0.15) is 38.3 Å². The Bertz CT molecular complexity index is 413. The third kappa shape index (κ3) is 6.39. The van der Waals surface area contributed by atoms with E-state index in [1.807, 2.05) is 0 Å². The van der Waals surface area contributed by atoms with Crippen molar-refractivity contribution in [2.45, 2.75) is 40.0 Å². The van der Waals surface area contributed by atoms with Gasteiger partial charge < -0.3 is 10.5 Å². The zero-order chi connectivity index (χ0) is 14.3. The van der Waals surface area contributed by atoms with E-state index in [9.17, 15) is 4.79 Å². The van der Waals surface area contributed by atoms with Crippen molar-refractivity contribution in [3.63, 3.8) is 0 Å². The largest absolute Gasteiger partial charge is 0.465 e. The topological polar surface area (TPSA) is 52.3 Å². The molecule has 0 saturated carbocycles. The second kappa shape index (κ2) is 7.29. The lowest BCUT2D eigenvalue weighted by Gasteiger charge is -2.24. The van der Waals surface area contributed by atoms with Crippen molar-refractivity contribution in [3.8, 4) is 0 Å². The van der Waals surface area contributed by atoms with Gasteiger partial charge in [-0.05, 0) is 36.9 Å². The minimum Gasteiger partial charge on any atom is -0.465 e. The van der Waals surface area contributed by atoms with Crippen LogP contribution in [0.15, 0.2) is 24.3 Å². The summed E-state index contributed by atoms with van der Waals surface area (Å²) in [5.41, 5.74) is 8.10. The van der Waals surface area contributed by atoms with E-state index in [1.54, 1.807) is 0 Å². The van der Waals surface area contributed by atoms with Gasteiger partial charge in [-0.1, -0.05) is 38.1 Å². The van der Waals surface area contributed by atoms with Crippen LogP contribution in [0.2, 0.25) is 0 Å². The lowest BCUT2D eigenvalue weighted by molar-refractivity contribution is -0.143. The number of carbonyl (C=O) groups is 1. The number of hydrogen-bond acceptors (Lipinski definition) is 3. The highest BCUT2D eigenvalue weighted by Gasteiger charge is 2.20. The Balaban J connectivity index is 2.62. The number of benzene rings is 1. The van der Waals surface area contributed by atoms with Gasteiger partial charge in [0.05, 0.1) is 6.61 Å². The SMILES string of the molecule is CC(=O)OCC(C)(C)Cc1cccc(CCCN)c1. The first-order valence-corrected chi connectivity index (χ1v) is 6.84. The fraction of sp³-hybridized carbons (Fsp3) is 0.562. The fourth-order valence-corrected chi connectivity index (χ4v) is 2.10. The molecule has 2 N–H and O–H groups in total. The standard InChI is InChI=1S/C16H25NO2/c1-13(18)19-12-16(2,3)11-15-7-4-6-14(10-15)8-5-9-17/h4,6-7,10H,5,8-9,11-12,17H2,1-3H3. The molecular weight excluding hydrogens is 238 g/mol. The maximum absolute atomic E-state index is 10.9. The molecule has 1 aromatic carbocycles. The van der Waals surface area contributed by atoms with E-state index in [4.69, 9.17) is 10.5 Å². The molecule has 0 aromatic heterocycles. The summed E-state index contributed by atoms with van der Waals surface area (Å²) in [5, 5.41) is 0. The molecule has 0 aliphatic rings. The number of aryl methyl sites for hydroxylation is 1. The number of ether oxygens (including phenoxy) is 1. The molecule has 0 aliphatic heterocycles. The molecule has 19 heavy (non-hydrogen) atoms. The number of hydrogen-bond donors (Lipinski definition) is 1. The first kappa shape index (κ1) is 15.7. The molecule has 1 rings (SSSR count). The highest BCUT2D eigenvalue weighted by molar-refractivity contribution is 5.65. The van der Waals surface area contributed by atoms with E-state index in [2.05, 4.69) is 38.1 Å². The maximum Gasteiger partial charge on any atom is 0.302 e. The molecule has 0 bridgehead atoms. The van der Waals surface area contributed by atoms with Gasteiger partial charge in [-0.2, -0.15) is 0 Å². The van der Waals surface area contributed by atoms with Crippen LogP contribution in [0.25, 0.3) is 0 Å². The predicted molar refractivity (Wildman–Crippen MR) is 77.9 cm³/mol. The molecule has 1 aromatic rings. The third-order valence-corrected chi connectivity index (χ3v) is 3.01. The van der Waals surface area contributed by atoms with Crippen LogP contribution >= 0.6 is 0 Å². The van der Waals surface area contributed by atoms with E-state index in [0.717, 1.165) is 25.8 Å². The molecule has 0 radical (unpaired) electrons. The van der Waals surface area contributed by atoms with Gasteiger partial charge in [0.15, 0.2) is 0 Å². The zero-order valence-electron chi connectivity index (χ0n) is 12.2. The van der Waals surface area contributed by atoms with E-state index < -0.39 is 0 Å². The number of carbonyl (C=O) groups excluding carboxylic acids is 1. The highest BCUT2D eigenvalue weighted by Crippen LogP contribution is 2.23. The summed E-state index contributed by atoms with van der Waals surface area (Å²) in [7, 11) is 0. The predicted octanol–water partition coefficient (Wildman–Crippen LogP) is 2.71. The summed E-state index contributed by atoms with van der Waals surface area (Å²) in [6.45, 7) is 6.85. The lowest BCUT2D eigenvalue weighted by Crippen LogP contribution is -2.23. The van der Waals surface area contributed by atoms with Gasteiger partial charge in [0, 0.05) is 12.3 Å². The molecule has 0 aliphatic carbocycles. The summed E-state index contributed by atoms with van der Waals surface area (Å²) in [6.07, 6.45) is 2.94. The van der Waals surface area contributed by atoms with Crippen molar-refractivity contribution in [2.75, 3.05) is 13.2 Å². The van der Waals surface area contributed by atoms with Crippen LogP contribution < -0.4 is 5.73 Å². The number of nitrogens with two attached hydrogens (primary N) is 1. The van der Waals surface area contributed by atoms with Gasteiger partial charge in [0.2, 0.25) is 0 Å². The zero-order valence-corrected chi connectivity index (χ0v) is 12.2. The maximum atomic E-state index is 10.9. The first-order valence-electron chi connectivity index (χ1n) is 6.84. The molecule has 0 spiro atoms. The molecule has 0 saturated heterocycles. The van der Waals surface area contributed by atoms with Crippen LogP contribution in [-0.2, 0) is 22.4 Å². The van der Waals surface area contributed by atoms with Crippen LogP contribution in [0.4, 0.5) is 0 Å². The first-order chi connectivity index (χ1) is 8.93. The lowest BCUT2D eigenvalue weighted by atomic mass is 9.86.